The third-order valence-electron chi connectivity index (χ3n) is 2.62. The molecule has 0 unspecified atom stereocenters. The van der Waals surface area contributed by atoms with E-state index in [1.165, 1.54) is 0 Å². The first-order valence-corrected chi connectivity index (χ1v) is 6.01. The number of nitrogens with two attached hydrogens (primary N) is 1. The van der Waals surface area contributed by atoms with Gasteiger partial charge in [0.1, 0.15) is 5.75 Å². The normalized spacial score (nSPS) is 10.1. The number of anilines is 2. The lowest BCUT2D eigenvalue weighted by atomic mass is 10.3. The molecule has 1 aromatic carbocycles. The second-order valence-electron chi connectivity index (χ2n) is 4.18. The molecule has 0 atom stereocenters. The van der Waals surface area contributed by atoms with Crippen LogP contribution in [0.1, 0.15) is 11.4 Å². The molecular weight excluding hydrogens is 258 g/mol. The van der Waals surface area contributed by atoms with Gasteiger partial charge in [-0.3, -0.25) is 10.1 Å². The van der Waals surface area contributed by atoms with Gasteiger partial charge in [0.2, 0.25) is 5.95 Å². The van der Waals surface area contributed by atoms with Crippen molar-refractivity contribution in [3.63, 3.8) is 0 Å². The van der Waals surface area contributed by atoms with Crippen molar-refractivity contribution in [1.82, 2.24) is 15.2 Å². The number of nitrogens with one attached hydrogen (secondary N) is 1. The predicted molar refractivity (Wildman–Crippen MR) is 74.3 cm³/mol. The molecule has 7 heteroatoms. The Kier molecular flexibility index (Phi) is 4.09. The Morgan fingerprint density at radius 2 is 2.00 bits per heavy atom. The highest BCUT2D eigenvalue weighted by molar-refractivity contribution is 5.90. The number of carbonyl (C=O) groups excluding carboxylic acids is 1. The average Bonchev–Trinajstić information content (AvgIpc) is 2.42. The Bertz CT molecular complexity index is 630. The van der Waals surface area contributed by atoms with Crippen molar-refractivity contribution in [2.24, 2.45) is 0 Å². The average molecular weight is 273 g/mol. The van der Waals surface area contributed by atoms with E-state index in [0.717, 1.165) is 5.69 Å². The van der Waals surface area contributed by atoms with Crippen LogP contribution in [0, 0.1) is 13.8 Å². The molecule has 0 spiro atoms. The largest absolute Gasteiger partial charge is 0.482 e. The molecule has 0 fully saturated rings. The first-order valence-electron chi connectivity index (χ1n) is 6.01. The SMILES string of the molecule is Cc1nnc(NC(=O)COc2ccccc2N)nc1C. The van der Waals surface area contributed by atoms with Gasteiger partial charge in [0.05, 0.1) is 17.1 Å². The van der Waals surface area contributed by atoms with E-state index < -0.39 is 0 Å². The maximum atomic E-state index is 11.7. The molecule has 1 aromatic heterocycles. The van der Waals surface area contributed by atoms with E-state index in [4.69, 9.17) is 10.5 Å². The highest BCUT2D eigenvalue weighted by Gasteiger charge is 2.08. The molecule has 7 nitrogen and oxygen atoms in total. The van der Waals surface area contributed by atoms with E-state index >= 15 is 0 Å². The summed E-state index contributed by atoms with van der Waals surface area (Å²) < 4.78 is 5.31. The van der Waals surface area contributed by atoms with Gasteiger partial charge in [0.15, 0.2) is 6.61 Å². The zero-order valence-electron chi connectivity index (χ0n) is 11.3. The molecule has 0 aliphatic rings. The second kappa shape index (κ2) is 5.96. The van der Waals surface area contributed by atoms with Crippen LogP contribution < -0.4 is 15.8 Å². The molecule has 3 N–H and O–H groups in total. The van der Waals surface area contributed by atoms with Crippen molar-refractivity contribution in [3.8, 4) is 5.75 Å². The number of aromatic nitrogens is 3. The minimum absolute atomic E-state index is 0.155. The van der Waals surface area contributed by atoms with Crippen LogP contribution in [0.4, 0.5) is 11.6 Å². The number of hydrogen-bond acceptors (Lipinski definition) is 6. The highest BCUT2D eigenvalue weighted by Crippen LogP contribution is 2.19. The van der Waals surface area contributed by atoms with Gasteiger partial charge in [-0.05, 0) is 26.0 Å². The van der Waals surface area contributed by atoms with Gasteiger partial charge in [0.25, 0.3) is 5.91 Å². The van der Waals surface area contributed by atoms with Crippen LogP contribution in [0.15, 0.2) is 24.3 Å². The van der Waals surface area contributed by atoms with Crippen LogP contribution in [0.5, 0.6) is 5.75 Å². The van der Waals surface area contributed by atoms with Crippen LogP contribution in [-0.2, 0) is 4.79 Å². The quantitative estimate of drug-likeness (QED) is 0.808. The molecule has 2 aromatic rings. The lowest BCUT2D eigenvalue weighted by molar-refractivity contribution is -0.118. The zero-order chi connectivity index (χ0) is 14.5. The number of para-hydroxylation sites is 2. The summed E-state index contributed by atoms with van der Waals surface area (Å²) in [5.41, 5.74) is 7.61. The lowest BCUT2D eigenvalue weighted by Crippen LogP contribution is -2.22. The number of hydrogen-bond donors (Lipinski definition) is 2. The third-order valence-corrected chi connectivity index (χ3v) is 2.62. The molecule has 0 saturated heterocycles. The summed E-state index contributed by atoms with van der Waals surface area (Å²) in [6, 6.07) is 6.96. The second-order valence-corrected chi connectivity index (χ2v) is 4.18. The Morgan fingerprint density at radius 3 is 2.70 bits per heavy atom. The number of rotatable bonds is 4. The molecule has 2 rings (SSSR count). The lowest BCUT2D eigenvalue weighted by Gasteiger charge is -2.08. The monoisotopic (exact) mass is 273 g/mol. The molecule has 20 heavy (non-hydrogen) atoms. The van der Waals surface area contributed by atoms with Crippen LogP contribution in [-0.4, -0.2) is 27.7 Å². The van der Waals surface area contributed by atoms with Gasteiger partial charge in [-0.25, -0.2) is 4.98 Å². The fourth-order valence-corrected chi connectivity index (χ4v) is 1.43. The number of benzene rings is 1. The Hall–Kier alpha value is -2.70. The highest BCUT2D eigenvalue weighted by atomic mass is 16.5. The summed E-state index contributed by atoms with van der Waals surface area (Å²) in [5.74, 6) is 0.239. The fourth-order valence-electron chi connectivity index (χ4n) is 1.43. The molecular formula is C13H15N5O2. The van der Waals surface area contributed by atoms with Gasteiger partial charge >= 0.3 is 0 Å². The van der Waals surface area contributed by atoms with E-state index in [0.29, 0.717) is 17.1 Å². The van der Waals surface area contributed by atoms with Crippen LogP contribution >= 0.6 is 0 Å². The number of ether oxygens (including phenoxy) is 1. The molecule has 1 heterocycles. The van der Waals surface area contributed by atoms with Gasteiger partial charge in [0, 0.05) is 0 Å². The number of carbonyl (C=O) groups is 1. The number of nitrogens with zero attached hydrogens (tertiary/aromatic N) is 3. The Balaban J connectivity index is 1.93. The Labute approximate surface area is 116 Å². The molecule has 0 aliphatic carbocycles. The van der Waals surface area contributed by atoms with Crippen molar-refractivity contribution in [2.45, 2.75) is 13.8 Å². The summed E-state index contributed by atoms with van der Waals surface area (Å²) in [7, 11) is 0. The van der Waals surface area contributed by atoms with Crippen molar-refractivity contribution >= 4 is 17.5 Å². The van der Waals surface area contributed by atoms with Gasteiger partial charge < -0.3 is 10.5 Å². The topological polar surface area (TPSA) is 103 Å². The smallest absolute Gasteiger partial charge is 0.264 e. The molecule has 104 valence electrons. The molecule has 0 radical (unpaired) electrons. The minimum atomic E-state index is -0.377. The van der Waals surface area contributed by atoms with Crippen molar-refractivity contribution in [3.05, 3.63) is 35.7 Å². The standard InChI is InChI=1S/C13H15N5O2/c1-8-9(2)17-18-13(15-8)16-12(19)7-20-11-6-4-3-5-10(11)14/h3-6H,7,14H2,1-2H3,(H,15,16,18,19). The van der Waals surface area contributed by atoms with Crippen LogP contribution in [0.3, 0.4) is 0 Å². The van der Waals surface area contributed by atoms with Crippen molar-refractivity contribution < 1.29 is 9.53 Å². The summed E-state index contributed by atoms with van der Waals surface area (Å²) >= 11 is 0. The maximum Gasteiger partial charge on any atom is 0.264 e. The van der Waals surface area contributed by atoms with Crippen LogP contribution in [0.25, 0.3) is 0 Å². The van der Waals surface area contributed by atoms with E-state index in [-0.39, 0.29) is 18.5 Å². The van der Waals surface area contributed by atoms with E-state index in [2.05, 4.69) is 20.5 Å². The Morgan fingerprint density at radius 1 is 1.25 bits per heavy atom. The molecule has 0 bridgehead atoms. The molecule has 0 saturated carbocycles. The van der Waals surface area contributed by atoms with Crippen molar-refractivity contribution in [1.29, 1.82) is 0 Å². The third kappa shape index (κ3) is 3.41. The number of amides is 1. The number of aryl methyl sites for hydroxylation is 2. The summed E-state index contributed by atoms with van der Waals surface area (Å²) in [5, 5.41) is 10.2. The summed E-state index contributed by atoms with van der Waals surface area (Å²) in [4.78, 5) is 15.8. The fraction of sp³-hybridized carbons (Fsp3) is 0.231. The first kappa shape index (κ1) is 13.7. The maximum absolute atomic E-state index is 11.7. The first-order chi connectivity index (χ1) is 9.56. The van der Waals surface area contributed by atoms with Crippen LogP contribution in [0.2, 0.25) is 0 Å². The van der Waals surface area contributed by atoms with E-state index in [1.807, 2.05) is 0 Å². The number of nitrogen functional groups attached to an aromatic ring is 1. The van der Waals surface area contributed by atoms with Gasteiger partial charge in [-0.15, -0.1) is 5.10 Å². The van der Waals surface area contributed by atoms with Gasteiger partial charge in [-0.1, -0.05) is 12.1 Å². The minimum Gasteiger partial charge on any atom is -0.482 e. The van der Waals surface area contributed by atoms with Crippen molar-refractivity contribution in [2.75, 3.05) is 17.7 Å². The van der Waals surface area contributed by atoms with Gasteiger partial charge in [-0.2, -0.15) is 5.10 Å². The summed E-state index contributed by atoms with van der Waals surface area (Å²) in [6.07, 6.45) is 0. The zero-order valence-corrected chi connectivity index (χ0v) is 11.3. The van der Waals surface area contributed by atoms with E-state index in [9.17, 15) is 4.79 Å². The predicted octanol–water partition coefficient (Wildman–Crippen LogP) is 1.09. The van der Waals surface area contributed by atoms with E-state index in [1.54, 1.807) is 38.1 Å². The molecule has 1 amide bonds. The molecule has 0 aliphatic heterocycles. The summed E-state index contributed by atoms with van der Waals surface area (Å²) in [6.45, 7) is 3.41.